The summed E-state index contributed by atoms with van der Waals surface area (Å²) in [6, 6.07) is 15.2. The molecule has 0 saturated heterocycles. The van der Waals surface area contributed by atoms with Crippen LogP contribution in [0.5, 0.6) is 0 Å². The first-order valence-corrected chi connectivity index (χ1v) is 6.95. The maximum absolute atomic E-state index is 6.31. The molecule has 19 heavy (non-hydrogen) atoms. The average molecular weight is 253 g/mol. The lowest BCUT2D eigenvalue weighted by Gasteiger charge is -2.14. The summed E-state index contributed by atoms with van der Waals surface area (Å²) in [5, 5.41) is 0. The van der Waals surface area contributed by atoms with Gasteiger partial charge in [0.25, 0.3) is 0 Å². The fourth-order valence-corrected chi connectivity index (χ4v) is 2.36. The van der Waals surface area contributed by atoms with E-state index < -0.39 is 0 Å². The largest absolute Gasteiger partial charge is 0.324 e. The van der Waals surface area contributed by atoms with Crippen molar-refractivity contribution in [1.29, 1.82) is 0 Å². The molecule has 0 bridgehead atoms. The third-order valence-electron chi connectivity index (χ3n) is 3.95. The third-order valence-corrected chi connectivity index (χ3v) is 3.95. The lowest BCUT2D eigenvalue weighted by molar-refractivity contribution is 0.649. The molecule has 2 aromatic rings. The first-order valence-electron chi connectivity index (χ1n) is 6.95. The van der Waals surface area contributed by atoms with Crippen LogP contribution < -0.4 is 5.73 Å². The molecule has 0 aliphatic heterocycles. The number of aryl methyl sites for hydroxylation is 4. The van der Waals surface area contributed by atoms with Crippen LogP contribution in [0.4, 0.5) is 0 Å². The smallest absolute Gasteiger partial charge is 0.0298 e. The van der Waals surface area contributed by atoms with Crippen molar-refractivity contribution in [3.63, 3.8) is 0 Å². The first kappa shape index (κ1) is 13.8. The zero-order valence-corrected chi connectivity index (χ0v) is 12.1. The van der Waals surface area contributed by atoms with E-state index in [9.17, 15) is 0 Å². The van der Waals surface area contributed by atoms with Crippen molar-refractivity contribution in [2.45, 2.75) is 39.7 Å². The number of hydrogen-bond donors (Lipinski definition) is 1. The van der Waals surface area contributed by atoms with Crippen LogP contribution >= 0.6 is 0 Å². The third kappa shape index (κ3) is 3.45. The Labute approximate surface area is 116 Å². The lowest BCUT2D eigenvalue weighted by atomic mass is 9.95. The summed E-state index contributed by atoms with van der Waals surface area (Å²) in [6.45, 7) is 6.45. The summed E-state index contributed by atoms with van der Waals surface area (Å²) < 4.78 is 0. The van der Waals surface area contributed by atoms with Crippen LogP contribution in [0.3, 0.4) is 0 Å². The van der Waals surface area contributed by atoms with Gasteiger partial charge in [0.2, 0.25) is 0 Å². The second-order valence-corrected chi connectivity index (χ2v) is 5.42. The summed E-state index contributed by atoms with van der Waals surface area (Å²) in [5.74, 6) is 0. The van der Waals surface area contributed by atoms with Gasteiger partial charge in [-0.1, -0.05) is 42.5 Å². The Balaban J connectivity index is 2.03. The fourth-order valence-electron chi connectivity index (χ4n) is 2.36. The normalized spacial score (nSPS) is 12.4. The molecule has 0 aromatic heterocycles. The minimum Gasteiger partial charge on any atom is -0.324 e. The highest BCUT2D eigenvalue weighted by molar-refractivity contribution is 5.32. The van der Waals surface area contributed by atoms with Crippen LogP contribution in [-0.4, -0.2) is 0 Å². The van der Waals surface area contributed by atoms with Crippen molar-refractivity contribution in [1.82, 2.24) is 0 Å². The van der Waals surface area contributed by atoms with Gasteiger partial charge in [-0.15, -0.1) is 0 Å². The van der Waals surface area contributed by atoms with Crippen LogP contribution in [0, 0.1) is 20.8 Å². The van der Waals surface area contributed by atoms with Gasteiger partial charge in [-0.2, -0.15) is 0 Å². The molecule has 1 nitrogen and oxygen atoms in total. The standard InChI is InChI=1S/C18H23N/c1-13-8-9-17(12-15(13)3)18(19)11-10-16-7-5-4-6-14(16)2/h4-9,12,18H,10-11,19H2,1-3H3. The molecule has 0 saturated carbocycles. The van der Waals surface area contributed by atoms with E-state index in [1.54, 1.807) is 0 Å². The summed E-state index contributed by atoms with van der Waals surface area (Å²) in [4.78, 5) is 0. The van der Waals surface area contributed by atoms with Gasteiger partial charge in [-0.25, -0.2) is 0 Å². The van der Waals surface area contributed by atoms with Gasteiger partial charge in [0, 0.05) is 6.04 Å². The monoisotopic (exact) mass is 253 g/mol. The minimum atomic E-state index is 0.124. The molecule has 0 aliphatic carbocycles. The van der Waals surface area contributed by atoms with Crippen molar-refractivity contribution in [2.24, 2.45) is 5.73 Å². The number of rotatable bonds is 4. The lowest BCUT2D eigenvalue weighted by Crippen LogP contribution is -2.12. The second kappa shape index (κ2) is 6.03. The summed E-state index contributed by atoms with van der Waals surface area (Å²) in [6.07, 6.45) is 2.04. The van der Waals surface area contributed by atoms with Crippen LogP contribution in [0.2, 0.25) is 0 Å². The molecule has 0 amide bonds. The van der Waals surface area contributed by atoms with E-state index in [2.05, 4.69) is 63.2 Å². The predicted octanol–water partition coefficient (Wildman–Crippen LogP) is 4.24. The van der Waals surface area contributed by atoms with Gasteiger partial charge in [0.05, 0.1) is 0 Å². The number of hydrogen-bond acceptors (Lipinski definition) is 1. The maximum atomic E-state index is 6.31. The van der Waals surface area contributed by atoms with Gasteiger partial charge in [-0.3, -0.25) is 0 Å². The Morgan fingerprint density at radius 2 is 1.63 bits per heavy atom. The zero-order chi connectivity index (χ0) is 13.8. The zero-order valence-electron chi connectivity index (χ0n) is 12.1. The van der Waals surface area contributed by atoms with Crippen molar-refractivity contribution < 1.29 is 0 Å². The van der Waals surface area contributed by atoms with Gasteiger partial charge in [0.1, 0.15) is 0 Å². The van der Waals surface area contributed by atoms with Crippen LogP contribution in [0.1, 0.15) is 40.3 Å². The van der Waals surface area contributed by atoms with Gasteiger partial charge in [-0.05, 0) is 61.4 Å². The van der Waals surface area contributed by atoms with E-state index in [1.165, 1.54) is 27.8 Å². The van der Waals surface area contributed by atoms with E-state index in [-0.39, 0.29) is 6.04 Å². The van der Waals surface area contributed by atoms with Crippen LogP contribution in [0.25, 0.3) is 0 Å². The Morgan fingerprint density at radius 3 is 2.32 bits per heavy atom. The Morgan fingerprint density at radius 1 is 0.895 bits per heavy atom. The Bertz CT molecular complexity index is 557. The molecule has 0 aliphatic rings. The second-order valence-electron chi connectivity index (χ2n) is 5.42. The average Bonchev–Trinajstić information content (AvgIpc) is 2.40. The van der Waals surface area contributed by atoms with Gasteiger partial charge >= 0.3 is 0 Å². The van der Waals surface area contributed by atoms with E-state index >= 15 is 0 Å². The maximum Gasteiger partial charge on any atom is 0.0298 e. The molecule has 2 aromatic carbocycles. The molecule has 0 spiro atoms. The molecule has 1 unspecified atom stereocenters. The molecule has 2 rings (SSSR count). The molecular weight excluding hydrogens is 230 g/mol. The van der Waals surface area contributed by atoms with E-state index in [4.69, 9.17) is 5.73 Å². The Kier molecular flexibility index (Phi) is 4.39. The molecule has 1 heteroatoms. The molecule has 0 radical (unpaired) electrons. The molecule has 100 valence electrons. The van der Waals surface area contributed by atoms with E-state index in [0.29, 0.717) is 0 Å². The van der Waals surface area contributed by atoms with Crippen molar-refractivity contribution in [3.05, 3.63) is 70.3 Å². The number of benzene rings is 2. The highest BCUT2D eigenvalue weighted by Crippen LogP contribution is 2.20. The van der Waals surface area contributed by atoms with Crippen molar-refractivity contribution >= 4 is 0 Å². The van der Waals surface area contributed by atoms with Crippen LogP contribution in [-0.2, 0) is 6.42 Å². The summed E-state index contributed by atoms with van der Waals surface area (Å²) in [5.41, 5.74) is 13.0. The topological polar surface area (TPSA) is 26.0 Å². The molecule has 0 fully saturated rings. The van der Waals surface area contributed by atoms with E-state index in [1.807, 2.05) is 0 Å². The first-order chi connectivity index (χ1) is 9.08. The highest BCUT2D eigenvalue weighted by atomic mass is 14.6. The molecule has 2 N–H and O–H groups in total. The predicted molar refractivity (Wildman–Crippen MR) is 82.3 cm³/mol. The number of nitrogens with two attached hydrogens (primary N) is 1. The van der Waals surface area contributed by atoms with Crippen molar-refractivity contribution in [3.8, 4) is 0 Å². The summed E-state index contributed by atoms with van der Waals surface area (Å²) >= 11 is 0. The fraction of sp³-hybridized carbons (Fsp3) is 0.333. The summed E-state index contributed by atoms with van der Waals surface area (Å²) in [7, 11) is 0. The highest BCUT2D eigenvalue weighted by Gasteiger charge is 2.08. The SMILES string of the molecule is Cc1ccc(C(N)CCc2ccccc2C)cc1C. The van der Waals surface area contributed by atoms with Crippen molar-refractivity contribution in [2.75, 3.05) is 0 Å². The molecule has 0 heterocycles. The Hall–Kier alpha value is -1.60. The molecular formula is C18H23N. The van der Waals surface area contributed by atoms with Crippen LogP contribution in [0.15, 0.2) is 42.5 Å². The van der Waals surface area contributed by atoms with Gasteiger partial charge in [0.15, 0.2) is 0 Å². The quantitative estimate of drug-likeness (QED) is 0.866. The molecule has 1 atom stereocenters. The minimum absolute atomic E-state index is 0.124. The van der Waals surface area contributed by atoms with Gasteiger partial charge < -0.3 is 5.73 Å². The van der Waals surface area contributed by atoms with E-state index in [0.717, 1.165) is 12.8 Å².